The lowest BCUT2D eigenvalue weighted by Crippen LogP contribution is -2.20. The number of nitrogens with one attached hydrogen (secondary N) is 1. The zero-order valence-corrected chi connectivity index (χ0v) is 19.7. The van der Waals surface area contributed by atoms with Crippen molar-refractivity contribution in [3.63, 3.8) is 0 Å². The molecule has 4 aromatic carbocycles. The van der Waals surface area contributed by atoms with Crippen molar-refractivity contribution in [3.05, 3.63) is 120 Å². The number of hydrogen-bond donors (Lipinski definition) is 1. The van der Waals surface area contributed by atoms with Gasteiger partial charge in [0.2, 0.25) is 0 Å². The predicted molar refractivity (Wildman–Crippen MR) is 140 cm³/mol. The Hall–Kier alpha value is -4.35. The van der Waals surface area contributed by atoms with E-state index in [9.17, 15) is 4.79 Å². The first kappa shape index (κ1) is 22.4. The Morgan fingerprint density at radius 1 is 0.857 bits per heavy atom. The minimum Gasteiger partial charge on any atom is -0.457 e. The highest BCUT2D eigenvalue weighted by molar-refractivity contribution is 6.30. The van der Waals surface area contributed by atoms with E-state index in [4.69, 9.17) is 16.3 Å². The van der Waals surface area contributed by atoms with Crippen LogP contribution in [0.1, 0.15) is 5.56 Å². The van der Waals surface area contributed by atoms with Gasteiger partial charge in [-0.2, -0.15) is 9.78 Å². The van der Waals surface area contributed by atoms with Crippen molar-refractivity contribution in [1.82, 2.24) is 9.78 Å². The van der Waals surface area contributed by atoms with Crippen LogP contribution in [0.25, 0.3) is 22.4 Å². The Labute approximate surface area is 208 Å². The van der Waals surface area contributed by atoms with Gasteiger partial charge >= 0.3 is 6.03 Å². The number of ether oxygens (including phenoxy) is 1. The number of carbonyl (C=O) groups excluding carboxylic acids is 1. The topological polar surface area (TPSA) is 56.2 Å². The van der Waals surface area contributed by atoms with E-state index in [0.717, 1.165) is 33.8 Å². The lowest BCUT2D eigenvalue weighted by atomic mass is 10.0. The Morgan fingerprint density at radius 3 is 2.23 bits per heavy atom. The van der Waals surface area contributed by atoms with Crippen LogP contribution in [0.15, 0.2) is 109 Å². The molecule has 5 rings (SSSR count). The molecule has 0 atom stereocenters. The summed E-state index contributed by atoms with van der Waals surface area (Å²) in [6.07, 6.45) is 1.74. The van der Waals surface area contributed by atoms with Gasteiger partial charge in [0, 0.05) is 28.0 Å². The number of halogens is 1. The summed E-state index contributed by atoms with van der Waals surface area (Å²) in [6, 6.07) is 32.0. The molecule has 6 heteroatoms. The van der Waals surface area contributed by atoms with Gasteiger partial charge in [-0.05, 0) is 60.5 Å². The summed E-state index contributed by atoms with van der Waals surface area (Å²) in [5.74, 6) is 1.48. The molecule has 5 aromatic rings. The number of aryl methyl sites for hydroxylation is 1. The minimum atomic E-state index is -0.362. The van der Waals surface area contributed by atoms with Crippen LogP contribution in [0.2, 0.25) is 5.02 Å². The number of rotatable bonds is 5. The number of para-hydroxylation sites is 1. The quantitative estimate of drug-likeness (QED) is 0.277. The van der Waals surface area contributed by atoms with Crippen LogP contribution in [0.4, 0.5) is 10.5 Å². The molecule has 35 heavy (non-hydrogen) atoms. The van der Waals surface area contributed by atoms with Gasteiger partial charge in [0.25, 0.3) is 0 Å². The third-order valence-electron chi connectivity index (χ3n) is 5.52. The van der Waals surface area contributed by atoms with E-state index in [0.29, 0.717) is 16.4 Å². The van der Waals surface area contributed by atoms with Crippen molar-refractivity contribution in [1.29, 1.82) is 0 Å². The second kappa shape index (κ2) is 9.87. The first-order valence-corrected chi connectivity index (χ1v) is 11.5. The van der Waals surface area contributed by atoms with Crippen molar-refractivity contribution in [2.75, 3.05) is 5.32 Å². The number of aromatic nitrogens is 2. The van der Waals surface area contributed by atoms with E-state index in [1.165, 1.54) is 4.68 Å². The normalized spacial score (nSPS) is 10.7. The molecule has 0 radical (unpaired) electrons. The lowest BCUT2D eigenvalue weighted by Gasteiger charge is -2.11. The first-order chi connectivity index (χ1) is 17.1. The molecular weight excluding hydrogens is 458 g/mol. The highest BCUT2D eigenvalue weighted by Gasteiger charge is 2.17. The van der Waals surface area contributed by atoms with Crippen LogP contribution in [0.5, 0.6) is 11.5 Å². The van der Waals surface area contributed by atoms with Gasteiger partial charge in [0.15, 0.2) is 0 Å². The standard InChI is InChI=1S/C29H22ClN3O2/c1-20-18-24(16-17-27(20)35-25-10-6-3-7-11-25)31-29(34)33-19-26(21-8-4-2-5-9-21)28(32-33)22-12-14-23(30)15-13-22/h2-19H,1H3,(H,31,34). The summed E-state index contributed by atoms with van der Waals surface area (Å²) in [4.78, 5) is 13.1. The van der Waals surface area contributed by atoms with Gasteiger partial charge in [-0.15, -0.1) is 0 Å². The molecule has 0 bridgehead atoms. The number of amides is 1. The zero-order valence-electron chi connectivity index (χ0n) is 19.0. The van der Waals surface area contributed by atoms with Crippen molar-refractivity contribution in [3.8, 4) is 33.9 Å². The monoisotopic (exact) mass is 479 g/mol. The molecule has 0 aliphatic rings. The molecule has 0 saturated carbocycles. The molecule has 0 saturated heterocycles. The van der Waals surface area contributed by atoms with Crippen LogP contribution in [-0.2, 0) is 0 Å². The average molecular weight is 480 g/mol. The molecule has 0 unspecified atom stereocenters. The SMILES string of the molecule is Cc1cc(NC(=O)n2cc(-c3ccccc3)c(-c3ccc(Cl)cc3)n2)ccc1Oc1ccccc1. The number of benzene rings is 4. The highest BCUT2D eigenvalue weighted by Crippen LogP contribution is 2.32. The van der Waals surface area contributed by atoms with Crippen molar-refractivity contribution in [2.24, 2.45) is 0 Å². The largest absolute Gasteiger partial charge is 0.457 e. The summed E-state index contributed by atoms with van der Waals surface area (Å²) < 4.78 is 7.27. The van der Waals surface area contributed by atoms with E-state index >= 15 is 0 Å². The lowest BCUT2D eigenvalue weighted by molar-refractivity contribution is 0.251. The third kappa shape index (κ3) is 5.10. The van der Waals surface area contributed by atoms with Gasteiger partial charge in [-0.25, -0.2) is 4.79 Å². The van der Waals surface area contributed by atoms with Crippen LogP contribution in [-0.4, -0.2) is 15.8 Å². The number of hydrogen-bond acceptors (Lipinski definition) is 3. The average Bonchev–Trinajstić information content (AvgIpc) is 3.33. The van der Waals surface area contributed by atoms with Crippen LogP contribution < -0.4 is 10.1 Å². The van der Waals surface area contributed by atoms with Gasteiger partial charge < -0.3 is 10.1 Å². The van der Waals surface area contributed by atoms with Crippen LogP contribution >= 0.6 is 11.6 Å². The number of nitrogens with zero attached hydrogens (tertiary/aromatic N) is 2. The summed E-state index contributed by atoms with van der Waals surface area (Å²) in [5.41, 5.74) is 4.95. The minimum absolute atomic E-state index is 0.362. The van der Waals surface area contributed by atoms with Crippen molar-refractivity contribution < 1.29 is 9.53 Å². The third-order valence-corrected chi connectivity index (χ3v) is 5.77. The molecular formula is C29H22ClN3O2. The van der Waals surface area contributed by atoms with E-state index in [1.54, 1.807) is 6.20 Å². The maximum Gasteiger partial charge on any atom is 0.346 e. The zero-order chi connectivity index (χ0) is 24.2. The second-order valence-corrected chi connectivity index (χ2v) is 8.47. The molecule has 1 heterocycles. The van der Waals surface area contributed by atoms with Crippen molar-refractivity contribution in [2.45, 2.75) is 6.92 Å². The van der Waals surface area contributed by atoms with E-state index < -0.39 is 0 Å². The molecule has 0 spiro atoms. The van der Waals surface area contributed by atoms with Crippen LogP contribution in [0.3, 0.4) is 0 Å². The first-order valence-electron chi connectivity index (χ1n) is 11.1. The summed E-state index contributed by atoms with van der Waals surface area (Å²) in [6.45, 7) is 1.94. The fourth-order valence-corrected chi connectivity index (χ4v) is 3.89. The molecule has 1 aromatic heterocycles. The Balaban J connectivity index is 1.41. The van der Waals surface area contributed by atoms with Gasteiger partial charge in [0.1, 0.15) is 17.2 Å². The molecule has 1 amide bonds. The van der Waals surface area contributed by atoms with Crippen molar-refractivity contribution >= 4 is 23.3 Å². The van der Waals surface area contributed by atoms with Gasteiger partial charge in [0.05, 0.1) is 0 Å². The van der Waals surface area contributed by atoms with E-state index in [2.05, 4.69) is 10.4 Å². The fraction of sp³-hybridized carbons (Fsp3) is 0.0345. The molecule has 0 aliphatic heterocycles. The Morgan fingerprint density at radius 2 is 1.54 bits per heavy atom. The summed E-state index contributed by atoms with van der Waals surface area (Å²) >= 11 is 6.07. The summed E-state index contributed by atoms with van der Waals surface area (Å²) in [5, 5.41) is 8.18. The highest BCUT2D eigenvalue weighted by atomic mass is 35.5. The maximum absolute atomic E-state index is 13.1. The van der Waals surface area contributed by atoms with E-state index in [1.807, 2.05) is 110 Å². The molecule has 0 fully saturated rings. The maximum atomic E-state index is 13.1. The molecule has 1 N–H and O–H groups in total. The van der Waals surface area contributed by atoms with Gasteiger partial charge in [-0.1, -0.05) is 72.3 Å². The van der Waals surface area contributed by atoms with Gasteiger partial charge in [-0.3, -0.25) is 0 Å². The van der Waals surface area contributed by atoms with E-state index in [-0.39, 0.29) is 6.03 Å². The predicted octanol–water partition coefficient (Wildman–Crippen LogP) is 8.05. The molecule has 172 valence electrons. The number of anilines is 1. The summed E-state index contributed by atoms with van der Waals surface area (Å²) in [7, 11) is 0. The molecule has 0 aliphatic carbocycles. The van der Waals surface area contributed by atoms with Crippen LogP contribution in [0, 0.1) is 6.92 Å². The smallest absolute Gasteiger partial charge is 0.346 e. The Kier molecular flexibility index (Phi) is 6.33. The fourth-order valence-electron chi connectivity index (χ4n) is 3.77. The molecule has 5 nitrogen and oxygen atoms in total. The number of carbonyl (C=O) groups is 1. The second-order valence-electron chi connectivity index (χ2n) is 8.03. The Bertz CT molecular complexity index is 1460.